The summed E-state index contributed by atoms with van der Waals surface area (Å²) in [4.78, 5) is 12.1. The number of aromatic nitrogens is 3. The maximum absolute atomic E-state index is 12.9. The Bertz CT molecular complexity index is 998. The third-order valence-corrected chi connectivity index (χ3v) is 7.07. The Morgan fingerprint density at radius 1 is 1.19 bits per heavy atom. The van der Waals surface area contributed by atoms with Gasteiger partial charge in [-0.15, -0.1) is 0 Å². The van der Waals surface area contributed by atoms with Gasteiger partial charge in [-0.2, -0.15) is 4.98 Å². The molecular formula is C22H26N3NaO4S. The number of aromatic amines is 1. The molecule has 1 spiro atoms. The SMILES string of the molecule is Cc1c(OC2CCC3(CC2)OCCO3)ccnc1C[S+]([O-])c1nc2ccccc2[nH]1.[NaH]. The predicted molar refractivity (Wildman–Crippen MR) is 120 cm³/mol. The molecular weight excluding hydrogens is 425 g/mol. The van der Waals surface area contributed by atoms with Gasteiger partial charge in [0.2, 0.25) is 0 Å². The summed E-state index contributed by atoms with van der Waals surface area (Å²) in [7, 11) is 0. The van der Waals surface area contributed by atoms with Crippen molar-refractivity contribution < 1.29 is 18.8 Å². The summed E-state index contributed by atoms with van der Waals surface area (Å²) in [6, 6.07) is 9.56. The summed E-state index contributed by atoms with van der Waals surface area (Å²) in [5.41, 5.74) is 3.39. The minimum atomic E-state index is -1.32. The Balaban J connectivity index is 0.00000231. The van der Waals surface area contributed by atoms with E-state index in [1.165, 1.54) is 0 Å². The van der Waals surface area contributed by atoms with Crippen LogP contribution in [0.4, 0.5) is 0 Å². The second kappa shape index (κ2) is 9.79. The van der Waals surface area contributed by atoms with Crippen LogP contribution in [-0.2, 0) is 26.4 Å². The molecule has 1 saturated carbocycles. The van der Waals surface area contributed by atoms with E-state index in [4.69, 9.17) is 14.2 Å². The predicted octanol–water partition coefficient (Wildman–Crippen LogP) is 2.99. The van der Waals surface area contributed by atoms with E-state index < -0.39 is 11.2 Å². The number of hydrogen-bond acceptors (Lipinski definition) is 6. The fourth-order valence-electron chi connectivity index (χ4n) is 4.18. The fraction of sp³-hybridized carbons (Fsp3) is 0.455. The van der Waals surface area contributed by atoms with E-state index in [9.17, 15) is 4.55 Å². The number of fused-ring (bicyclic) bond motifs is 1. The molecule has 0 radical (unpaired) electrons. The van der Waals surface area contributed by atoms with E-state index in [1.807, 2.05) is 37.3 Å². The van der Waals surface area contributed by atoms with Crippen molar-refractivity contribution in [2.24, 2.45) is 0 Å². The summed E-state index contributed by atoms with van der Waals surface area (Å²) in [5.74, 6) is 0.705. The molecule has 7 nitrogen and oxygen atoms in total. The van der Waals surface area contributed by atoms with E-state index in [-0.39, 0.29) is 47.2 Å². The molecule has 3 heterocycles. The van der Waals surface area contributed by atoms with Crippen LogP contribution in [0.1, 0.15) is 36.9 Å². The second-order valence-corrected chi connectivity index (χ2v) is 9.22. The van der Waals surface area contributed by atoms with Crippen molar-refractivity contribution in [1.82, 2.24) is 15.0 Å². The van der Waals surface area contributed by atoms with Crippen LogP contribution in [0.3, 0.4) is 0 Å². The zero-order chi connectivity index (χ0) is 20.6. The van der Waals surface area contributed by atoms with Crippen LogP contribution in [0, 0.1) is 6.92 Å². The molecule has 31 heavy (non-hydrogen) atoms. The van der Waals surface area contributed by atoms with Crippen molar-refractivity contribution in [3.63, 3.8) is 0 Å². The minimum absolute atomic E-state index is 0. The number of hydrogen-bond donors (Lipinski definition) is 1. The molecule has 9 heteroatoms. The molecule has 5 rings (SSSR count). The van der Waals surface area contributed by atoms with Gasteiger partial charge in [-0.05, 0) is 38.0 Å². The normalized spacial score (nSPS) is 19.4. The van der Waals surface area contributed by atoms with E-state index in [1.54, 1.807) is 6.20 Å². The van der Waals surface area contributed by atoms with Crippen LogP contribution < -0.4 is 4.74 Å². The first kappa shape index (κ1) is 23.0. The van der Waals surface area contributed by atoms with Crippen molar-refractivity contribution in [2.75, 3.05) is 13.2 Å². The van der Waals surface area contributed by atoms with E-state index >= 15 is 0 Å². The molecule has 3 aromatic rings. The van der Waals surface area contributed by atoms with Crippen LogP contribution in [0.5, 0.6) is 5.75 Å². The summed E-state index contributed by atoms with van der Waals surface area (Å²) in [6.45, 7) is 3.34. The molecule has 2 fully saturated rings. The molecule has 1 unspecified atom stereocenters. The van der Waals surface area contributed by atoms with Crippen LogP contribution in [0.15, 0.2) is 41.7 Å². The quantitative estimate of drug-likeness (QED) is 0.474. The van der Waals surface area contributed by atoms with Gasteiger partial charge in [-0.25, -0.2) is 0 Å². The monoisotopic (exact) mass is 451 g/mol. The number of pyridine rings is 1. The summed E-state index contributed by atoms with van der Waals surface area (Å²) in [5, 5.41) is 0.470. The number of nitrogens with zero attached hydrogens (tertiary/aromatic N) is 2. The molecule has 1 aliphatic carbocycles. The first-order chi connectivity index (χ1) is 14.6. The van der Waals surface area contributed by atoms with Gasteiger partial charge in [0.05, 0.1) is 36.0 Å². The molecule has 0 amide bonds. The number of rotatable bonds is 5. The van der Waals surface area contributed by atoms with Gasteiger partial charge >= 0.3 is 34.7 Å². The van der Waals surface area contributed by atoms with Crippen LogP contribution in [0.2, 0.25) is 0 Å². The Morgan fingerprint density at radius 2 is 1.94 bits per heavy atom. The molecule has 1 saturated heterocycles. The zero-order valence-corrected chi connectivity index (χ0v) is 17.7. The van der Waals surface area contributed by atoms with E-state index in [0.29, 0.717) is 18.4 Å². The topological polar surface area (TPSA) is 92.3 Å². The second-order valence-electron chi connectivity index (χ2n) is 7.85. The van der Waals surface area contributed by atoms with Crippen LogP contribution >= 0.6 is 0 Å². The average Bonchev–Trinajstić information content (AvgIpc) is 3.40. The van der Waals surface area contributed by atoms with Gasteiger partial charge in [0, 0.05) is 35.8 Å². The van der Waals surface area contributed by atoms with E-state index in [2.05, 4.69) is 15.0 Å². The van der Waals surface area contributed by atoms with Gasteiger partial charge in [-0.1, -0.05) is 12.1 Å². The van der Waals surface area contributed by atoms with Crippen molar-refractivity contribution in [1.29, 1.82) is 0 Å². The fourth-order valence-corrected chi connectivity index (χ4v) is 5.28. The molecule has 1 N–H and O–H groups in total. The molecule has 2 aromatic heterocycles. The zero-order valence-electron chi connectivity index (χ0n) is 16.9. The third-order valence-electron chi connectivity index (χ3n) is 5.91. The number of H-pyrrole nitrogens is 1. The summed E-state index contributed by atoms with van der Waals surface area (Å²) in [6.07, 6.45) is 5.33. The van der Waals surface area contributed by atoms with Crippen molar-refractivity contribution in [3.05, 3.63) is 47.8 Å². The molecule has 1 aromatic carbocycles. The number of benzene rings is 1. The number of nitrogens with one attached hydrogen (secondary N) is 1. The van der Waals surface area contributed by atoms with Crippen molar-refractivity contribution >= 4 is 51.8 Å². The number of ether oxygens (including phenoxy) is 3. The standard InChI is InChI=1S/C22H25N3O4S.Na.H/c1-15-19(14-30(26)21-24-17-4-2-3-5-18(17)25-21)23-11-8-20(15)29-16-6-9-22(10-7-16)27-12-13-28-22;;/h2-5,8,11,16H,6-7,9-10,12-14H2,1H3,(H,24,25);;. The molecule has 1 atom stereocenters. The Kier molecular flexibility index (Phi) is 7.27. The van der Waals surface area contributed by atoms with Crippen LogP contribution in [-0.4, -0.2) is 74.2 Å². The van der Waals surface area contributed by atoms with Gasteiger partial charge in [0.25, 0.3) is 0 Å². The number of para-hydroxylation sites is 2. The van der Waals surface area contributed by atoms with E-state index in [0.717, 1.165) is 53.7 Å². The third kappa shape index (κ3) is 4.95. The Labute approximate surface area is 206 Å². The average molecular weight is 452 g/mol. The van der Waals surface area contributed by atoms with Crippen molar-refractivity contribution in [3.8, 4) is 5.75 Å². The number of imidazole rings is 1. The molecule has 0 bridgehead atoms. The molecule has 160 valence electrons. The van der Waals surface area contributed by atoms with Crippen molar-refractivity contribution in [2.45, 2.75) is 55.4 Å². The first-order valence-corrected chi connectivity index (χ1v) is 11.7. The molecule has 1 aliphatic heterocycles. The van der Waals surface area contributed by atoms with Gasteiger partial charge in [0.15, 0.2) is 11.5 Å². The summed E-state index contributed by atoms with van der Waals surface area (Å²) >= 11 is -1.32. The van der Waals surface area contributed by atoms with Gasteiger partial charge in [-0.3, -0.25) is 9.97 Å². The molecule has 2 aliphatic rings. The Morgan fingerprint density at radius 3 is 2.68 bits per heavy atom. The summed E-state index contributed by atoms with van der Waals surface area (Å²) < 4.78 is 30.8. The first-order valence-electron chi connectivity index (χ1n) is 10.3. The van der Waals surface area contributed by atoms with Gasteiger partial charge in [0.1, 0.15) is 5.75 Å². The maximum atomic E-state index is 12.9. The van der Waals surface area contributed by atoms with Crippen LogP contribution in [0.25, 0.3) is 11.0 Å². The Hall–Kier alpha value is -1.13. The van der Waals surface area contributed by atoms with Gasteiger partial charge < -0.3 is 18.8 Å².